The lowest BCUT2D eigenvalue weighted by Crippen LogP contribution is -2.40. The number of alkyl halides is 1. The van der Waals surface area contributed by atoms with Crippen molar-refractivity contribution in [2.24, 2.45) is 0 Å². The maximum atomic E-state index is 15.7. The number of fused-ring (bicyclic) bond motifs is 1. The van der Waals surface area contributed by atoms with Crippen LogP contribution in [0.2, 0.25) is 0 Å². The number of anilines is 1. The van der Waals surface area contributed by atoms with Gasteiger partial charge >= 0.3 is 15.3 Å². The Morgan fingerprint density at radius 3 is 2.28 bits per heavy atom. The summed E-state index contributed by atoms with van der Waals surface area (Å²) >= 11 is 0.839. The molecule has 11 heteroatoms. The summed E-state index contributed by atoms with van der Waals surface area (Å²) in [5, 5.41) is -1.42. The maximum Gasteiger partial charge on any atom is 0.445 e. The second-order valence-corrected chi connectivity index (χ2v) is 10.6. The minimum Gasteiger partial charge on any atom is -0.447 e. The molecule has 1 unspecified atom stereocenters. The molecule has 1 atom stereocenters. The van der Waals surface area contributed by atoms with Crippen molar-refractivity contribution in [1.29, 1.82) is 0 Å². The number of benzene rings is 2. The highest BCUT2D eigenvalue weighted by molar-refractivity contribution is 8.07. The summed E-state index contributed by atoms with van der Waals surface area (Å²) in [4.78, 5) is 12.5. The monoisotopic (exact) mass is 489 g/mol. The van der Waals surface area contributed by atoms with Crippen LogP contribution in [0, 0.1) is 24.4 Å². The molecular weight excluding hydrogens is 470 g/mol. The van der Waals surface area contributed by atoms with E-state index in [1.165, 1.54) is 27.7 Å². The second kappa shape index (κ2) is 8.36. The summed E-state index contributed by atoms with van der Waals surface area (Å²) in [6, 6.07) is 7.72. The molecule has 0 fully saturated rings. The van der Waals surface area contributed by atoms with E-state index in [0.717, 1.165) is 11.3 Å². The van der Waals surface area contributed by atoms with Gasteiger partial charge in [-0.15, -0.1) is 11.3 Å². The number of rotatable bonds is 4. The van der Waals surface area contributed by atoms with E-state index in [-0.39, 0.29) is 9.31 Å². The van der Waals surface area contributed by atoms with E-state index in [2.05, 4.69) is 0 Å². The summed E-state index contributed by atoms with van der Waals surface area (Å²) in [7, 11) is -5.22. The number of halogens is 4. The van der Waals surface area contributed by atoms with E-state index in [1.807, 2.05) is 0 Å². The minimum absolute atomic E-state index is 0.0524. The Kier molecular flexibility index (Phi) is 6.27. The topological polar surface area (TPSA) is 63.7 Å². The Morgan fingerprint density at radius 2 is 1.69 bits per heavy atom. The number of nitrogens with zero attached hydrogens (tertiary/aromatic N) is 1. The van der Waals surface area contributed by atoms with Crippen molar-refractivity contribution in [3.8, 4) is 0 Å². The predicted molar refractivity (Wildman–Crippen MR) is 114 cm³/mol. The van der Waals surface area contributed by atoms with E-state index in [1.54, 1.807) is 24.3 Å². The van der Waals surface area contributed by atoms with Gasteiger partial charge in [0, 0.05) is 10.3 Å². The normalized spacial score (nSPS) is 13.2. The van der Waals surface area contributed by atoms with Gasteiger partial charge in [0.25, 0.3) is 0 Å². The lowest BCUT2D eigenvalue weighted by molar-refractivity contribution is 0.0716. The third kappa shape index (κ3) is 4.31. The van der Waals surface area contributed by atoms with Gasteiger partial charge in [-0.25, -0.2) is 26.7 Å². The highest BCUT2D eigenvalue weighted by Gasteiger charge is 2.43. The van der Waals surface area contributed by atoms with Gasteiger partial charge in [0.1, 0.15) is 10.6 Å². The van der Waals surface area contributed by atoms with Crippen LogP contribution in [-0.2, 0) is 14.8 Å². The van der Waals surface area contributed by atoms with Gasteiger partial charge in [0.2, 0.25) is 6.30 Å². The lowest BCUT2D eigenvalue weighted by atomic mass is 10.1. The van der Waals surface area contributed by atoms with Crippen LogP contribution in [0.3, 0.4) is 0 Å². The highest BCUT2D eigenvalue weighted by Crippen LogP contribution is 2.44. The maximum absolute atomic E-state index is 15.7. The molecule has 32 heavy (non-hydrogen) atoms. The molecule has 0 spiro atoms. The summed E-state index contributed by atoms with van der Waals surface area (Å²) in [6.45, 7) is 5.74. The lowest BCUT2D eigenvalue weighted by Gasteiger charge is -2.28. The van der Waals surface area contributed by atoms with Gasteiger partial charge < -0.3 is 4.74 Å². The van der Waals surface area contributed by atoms with Crippen LogP contribution in [0.4, 0.5) is 27.4 Å². The molecule has 0 aliphatic rings. The zero-order valence-corrected chi connectivity index (χ0v) is 19.1. The molecule has 0 aliphatic carbocycles. The van der Waals surface area contributed by atoms with Crippen LogP contribution in [0.1, 0.15) is 38.2 Å². The van der Waals surface area contributed by atoms with E-state index in [9.17, 15) is 26.4 Å². The van der Waals surface area contributed by atoms with Crippen LogP contribution in [-0.4, -0.2) is 19.3 Å². The molecule has 1 aromatic heterocycles. The van der Waals surface area contributed by atoms with E-state index >= 15 is 4.39 Å². The Labute approximate surface area is 186 Å². The van der Waals surface area contributed by atoms with Crippen LogP contribution >= 0.6 is 11.3 Å². The van der Waals surface area contributed by atoms with Crippen LogP contribution in [0.15, 0.2) is 36.4 Å². The first kappa shape index (κ1) is 24.0. The van der Waals surface area contributed by atoms with Crippen molar-refractivity contribution in [2.45, 2.75) is 39.6 Å². The molecule has 0 bridgehead atoms. The van der Waals surface area contributed by atoms with Crippen molar-refractivity contribution in [3.05, 3.63) is 65.0 Å². The molecule has 0 aliphatic heterocycles. The molecule has 0 amide bonds. The summed E-state index contributed by atoms with van der Waals surface area (Å²) in [5.74, 6) is -5.44. The molecule has 172 valence electrons. The Hall–Kier alpha value is -2.66. The molecule has 5 nitrogen and oxygen atoms in total. The van der Waals surface area contributed by atoms with Gasteiger partial charge in [0.15, 0.2) is 17.5 Å². The van der Waals surface area contributed by atoms with E-state index < -0.39 is 50.2 Å². The molecule has 0 saturated carbocycles. The van der Waals surface area contributed by atoms with Crippen molar-refractivity contribution in [3.63, 3.8) is 0 Å². The summed E-state index contributed by atoms with van der Waals surface area (Å²) in [6.07, 6.45) is -2.88. The minimum atomic E-state index is -5.22. The molecule has 2 aromatic carbocycles. The average molecular weight is 490 g/mol. The Balaban J connectivity index is 2.25. The van der Waals surface area contributed by atoms with Crippen LogP contribution < -0.4 is 4.31 Å². The van der Waals surface area contributed by atoms with Gasteiger partial charge in [-0.1, -0.05) is 18.2 Å². The second-order valence-electron chi connectivity index (χ2n) is 7.89. The average Bonchev–Trinajstić information content (AvgIpc) is 3.01. The SMILES string of the molecule is Cc1c(N(C(F)c2ccc(F)c(F)c2F)S(=O)(=O)C(=O)OC(C)(C)C)sc2ccccc12. The quantitative estimate of drug-likeness (QED) is 0.185. The number of carbonyl (C=O) groups is 1. The Morgan fingerprint density at radius 1 is 1.06 bits per heavy atom. The highest BCUT2D eigenvalue weighted by atomic mass is 32.2. The molecule has 3 aromatic rings. The number of sulfonamides is 1. The fourth-order valence-electron chi connectivity index (χ4n) is 2.94. The number of hydrogen-bond donors (Lipinski definition) is 0. The van der Waals surface area contributed by atoms with Crippen molar-refractivity contribution in [2.75, 3.05) is 4.31 Å². The third-order valence-corrected chi connectivity index (χ3v) is 7.18. The standard InChI is InChI=1S/C21H19F4NO4S2/c1-11-12-7-5-6-8-15(12)31-19(11)26(32(28,29)20(27)30-21(2,3)4)18(25)13-9-10-14(22)17(24)16(13)23/h5-10,18H,1-4H3. The third-order valence-electron chi connectivity index (χ3n) is 4.41. The molecule has 0 saturated heterocycles. The Bertz CT molecular complexity index is 1300. The largest absolute Gasteiger partial charge is 0.447 e. The number of ether oxygens (including phenoxy) is 1. The molecule has 0 radical (unpaired) electrons. The van der Waals surface area contributed by atoms with E-state index in [0.29, 0.717) is 27.8 Å². The van der Waals surface area contributed by atoms with Gasteiger partial charge in [-0.2, -0.15) is 8.42 Å². The van der Waals surface area contributed by atoms with Crippen molar-refractivity contribution >= 4 is 41.7 Å². The van der Waals surface area contributed by atoms with Crippen LogP contribution in [0.25, 0.3) is 10.1 Å². The van der Waals surface area contributed by atoms with Crippen molar-refractivity contribution < 1.29 is 35.5 Å². The first-order valence-electron chi connectivity index (χ1n) is 9.28. The molecular formula is C21H19F4NO4S2. The summed E-state index contributed by atoms with van der Waals surface area (Å²) < 4.78 is 89.0. The molecule has 1 heterocycles. The first-order chi connectivity index (χ1) is 14.8. The molecule has 3 rings (SSSR count). The number of aryl methyl sites for hydroxylation is 1. The van der Waals surface area contributed by atoms with Crippen molar-refractivity contribution in [1.82, 2.24) is 0 Å². The van der Waals surface area contributed by atoms with E-state index in [4.69, 9.17) is 4.74 Å². The van der Waals surface area contributed by atoms with Crippen LogP contribution in [0.5, 0.6) is 0 Å². The van der Waals surface area contributed by atoms with Gasteiger partial charge in [-0.05, 0) is 56.8 Å². The van der Waals surface area contributed by atoms with Gasteiger partial charge in [-0.3, -0.25) is 0 Å². The fraction of sp³-hybridized carbons (Fsp3) is 0.286. The zero-order chi connectivity index (χ0) is 24.0. The zero-order valence-electron chi connectivity index (χ0n) is 17.5. The fourth-order valence-corrected chi connectivity index (χ4v) is 5.71. The first-order valence-corrected chi connectivity index (χ1v) is 11.5. The summed E-state index contributed by atoms with van der Waals surface area (Å²) in [5.41, 5.74) is -2.03. The number of hydrogen-bond acceptors (Lipinski definition) is 5. The smallest absolute Gasteiger partial charge is 0.445 e. The predicted octanol–water partition coefficient (Wildman–Crippen LogP) is 6.37. The van der Waals surface area contributed by atoms with Gasteiger partial charge in [0.05, 0.1) is 0 Å². The molecule has 0 N–H and O–H groups in total. The number of thiophene rings is 1. The number of carbonyl (C=O) groups excluding carboxylic acids is 1.